The van der Waals surface area contributed by atoms with Gasteiger partial charge in [-0.3, -0.25) is 4.79 Å². The number of nitrogens with zero attached hydrogens (tertiary/aromatic N) is 3. The van der Waals surface area contributed by atoms with Gasteiger partial charge >= 0.3 is 0 Å². The lowest BCUT2D eigenvalue weighted by Gasteiger charge is -2.26. The molecule has 96 valence electrons. The Morgan fingerprint density at radius 3 is 2.76 bits per heavy atom. The summed E-state index contributed by atoms with van der Waals surface area (Å²) in [6, 6.07) is 0.112. The van der Waals surface area contributed by atoms with Crippen LogP contribution in [0.2, 0.25) is 0 Å². The molecular weight excluding hydrogens is 238 g/mol. The van der Waals surface area contributed by atoms with Gasteiger partial charge in [0, 0.05) is 19.2 Å². The third kappa shape index (κ3) is 3.47. The summed E-state index contributed by atoms with van der Waals surface area (Å²) in [5.41, 5.74) is 0.759. The van der Waals surface area contributed by atoms with E-state index in [9.17, 15) is 4.79 Å². The maximum atomic E-state index is 12.3. The van der Waals surface area contributed by atoms with Gasteiger partial charge in [-0.2, -0.15) is 0 Å². The molecule has 0 spiro atoms. The number of hydrogen-bond donors (Lipinski definition) is 1. The van der Waals surface area contributed by atoms with Gasteiger partial charge < -0.3 is 10.0 Å². The largest absolute Gasteiger partial charge is 0.396 e. The minimum absolute atomic E-state index is 0.0275. The van der Waals surface area contributed by atoms with Gasteiger partial charge in [0.25, 0.3) is 5.91 Å². The first kappa shape index (κ1) is 14.1. The van der Waals surface area contributed by atoms with Crippen molar-refractivity contribution in [2.75, 3.05) is 13.2 Å². The Balaban J connectivity index is 2.84. The first-order valence-electron chi connectivity index (χ1n) is 5.84. The van der Waals surface area contributed by atoms with Crippen molar-refractivity contribution in [2.24, 2.45) is 0 Å². The van der Waals surface area contributed by atoms with Gasteiger partial charge in [-0.15, -0.1) is 5.10 Å². The SMILES string of the molecule is CCc1nnsc1C(=O)N(CCCO)C(C)C. The van der Waals surface area contributed by atoms with E-state index >= 15 is 0 Å². The van der Waals surface area contributed by atoms with Crippen molar-refractivity contribution in [3.8, 4) is 0 Å². The van der Waals surface area contributed by atoms with Crippen LogP contribution >= 0.6 is 11.5 Å². The number of aryl methyl sites for hydroxylation is 1. The molecule has 0 unspecified atom stereocenters. The maximum Gasteiger partial charge on any atom is 0.267 e. The minimum Gasteiger partial charge on any atom is -0.396 e. The summed E-state index contributed by atoms with van der Waals surface area (Å²) < 4.78 is 3.83. The summed E-state index contributed by atoms with van der Waals surface area (Å²) in [5.74, 6) is -0.0275. The Hall–Kier alpha value is -1.01. The van der Waals surface area contributed by atoms with Gasteiger partial charge in [-0.25, -0.2) is 0 Å². The summed E-state index contributed by atoms with van der Waals surface area (Å²) in [6.45, 7) is 6.55. The molecule has 6 heteroatoms. The normalized spacial score (nSPS) is 10.9. The average molecular weight is 257 g/mol. The quantitative estimate of drug-likeness (QED) is 0.835. The van der Waals surface area contributed by atoms with E-state index in [4.69, 9.17) is 5.11 Å². The number of hydrogen-bond acceptors (Lipinski definition) is 5. The number of carbonyl (C=O) groups excluding carboxylic acids is 1. The molecule has 0 atom stereocenters. The van der Waals surface area contributed by atoms with Gasteiger partial charge in [0.05, 0.1) is 5.69 Å². The lowest BCUT2D eigenvalue weighted by atomic mass is 10.2. The number of aliphatic hydroxyl groups is 1. The Morgan fingerprint density at radius 2 is 2.24 bits per heavy atom. The Labute approximate surface area is 106 Å². The number of carbonyl (C=O) groups is 1. The minimum atomic E-state index is -0.0275. The molecule has 0 aliphatic heterocycles. The molecule has 0 aliphatic rings. The second-order valence-corrected chi connectivity index (χ2v) is 4.83. The van der Waals surface area contributed by atoms with Gasteiger partial charge in [0.15, 0.2) is 0 Å². The monoisotopic (exact) mass is 257 g/mol. The van der Waals surface area contributed by atoms with Gasteiger partial charge in [-0.05, 0) is 38.2 Å². The highest BCUT2D eigenvalue weighted by Gasteiger charge is 2.23. The van der Waals surface area contributed by atoms with Crippen LogP contribution in [0.25, 0.3) is 0 Å². The zero-order valence-electron chi connectivity index (χ0n) is 10.5. The fraction of sp³-hybridized carbons (Fsp3) is 0.727. The van der Waals surface area contributed by atoms with Crippen LogP contribution in [0, 0.1) is 0 Å². The molecule has 1 amide bonds. The Kier molecular flexibility index (Phi) is 5.50. The lowest BCUT2D eigenvalue weighted by molar-refractivity contribution is 0.0697. The summed E-state index contributed by atoms with van der Waals surface area (Å²) in [4.78, 5) is 14.7. The Morgan fingerprint density at radius 1 is 1.53 bits per heavy atom. The molecule has 0 radical (unpaired) electrons. The molecule has 0 fully saturated rings. The number of aliphatic hydroxyl groups excluding tert-OH is 1. The van der Waals surface area contributed by atoms with Crippen molar-refractivity contribution in [2.45, 2.75) is 39.7 Å². The molecule has 1 heterocycles. The molecular formula is C11H19N3O2S. The van der Waals surface area contributed by atoms with Crippen molar-refractivity contribution in [1.29, 1.82) is 0 Å². The van der Waals surface area contributed by atoms with Crippen LogP contribution in [0.5, 0.6) is 0 Å². The van der Waals surface area contributed by atoms with E-state index in [2.05, 4.69) is 9.59 Å². The van der Waals surface area contributed by atoms with Crippen molar-refractivity contribution in [1.82, 2.24) is 14.5 Å². The summed E-state index contributed by atoms with van der Waals surface area (Å²) in [6.07, 6.45) is 1.31. The predicted octanol–water partition coefficient (Wildman–Crippen LogP) is 1.33. The van der Waals surface area contributed by atoms with E-state index in [-0.39, 0.29) is 18.6 Å². The molecule has 0 aliphatic carbocycles. The van der Waals surface area contributed by atoms with Crippen LogP contribution in [0.4, 0.5) is 0 Å². The van der Waals surface area contributed by atoms with Crippen LogP contribution < -0.4 is 0 Å². The molecule has 1 rings (SSSR count). The van der Waals surface area contributed by atoms with Crippen molar-refractivity contribution < 1.29 is 9.90 Å². The molecule has 5 nitrogen and oxygen atoms in total. The zero-order valence-corrected chi connectivity index (χ0v) is 11.3. The molecule has 17 heavy (non-hydrogen) atoms. The number of aromatic nitrogens is 2. The predicted molar refractivity (Wildman–Crippen MR) is 67.2 cm³/mol. The fourth-order valence-electron chi connectivity index (χ4n) is 1.57. The van der Waals surface area contributed by atoms with Crippen LogP contribution in [0.3, 0.4) is 0 Å². The van der Waals surface area contributed by atoms with E-state index in [1.165, 1.54) is 0 Å². The van der Waals surface area contributed by atoms with Crippen molar-refractivity contribution in [3.63, 3.8) is 0 Å². The third-order valence-corrected chi connectivity index (χ3v) is 3.28. The highest BCUT2D eigenvalue weighted by atomic mass is 32.1. The Bertz CT molecular complexity index is 365. The van der Waals surface area contributed by atoms with E-state index in [0.29, 0.717) is 24.3 Å². The molecule has 1 aromatic rings. The third-order valence-electron chi connectivity index (χ3n) is 2.53. The summed E-state index contributed by atoms with van der Waals surface area (Å²) in [5, 5.41) is 12.8. The highest BCUT2D eigenvalue weighted by Crippen LogP contribution is 2.16. The van der Waals surface area contributed by atoms with E-state index < -0.39 is 0 Å². The van der Waals surface area contributed by atoms with E-state index in [1.807, 2.05) is 20.8 Å². The van der Waals surface area contributed by atoms with Gasteiger partial charge in [-0.1, -0.05) is 11.4 Å². The number of rotatable bonds is 6. The van der Waals surface area contributed by atoms with Gasteiger partial charge in [0.2, 0.25) is 0 Å². The highest BCUT2D eigenvalue weighted by molar-refractivity contribution is 7.08. The van der Waals surface area contributed by atoms with Crippen LogP contribution in [-0.4, -0.2) is 44.7 Å². The molecule has 0 saturated carbocycles. The second kappa shape index (κ2) is 6.66. The number of amides is 1. The maximum absolute atomic E-state index is 12.3. The van der Waals surface area contributed by atoms with Crippen LogP contribution in [0.15, 0.2) is 0 Å². The fourth-order valence-corrected chi connectivity index (χ4v) is 2.28. The standard InChI is InChI=1S/C11H19N3O2S/c1-4-9-10(17-13-12-9)11(16)14(8(2)3)6-5-7-15/h8,15H,4-7H2,1-3H3. The molecule has 1 aromatic heterocycles. The van der Waals surface area contributed by atoms with Crippen LogP contribution in [0.1, 0.15) is 42.6 Å². The topological polar surface area (TPSA) is 66.3 Å². The molecule has 1 N–H and O–H groups in total. The molecule has 0 bridgehead atoms. The zero-order chi connectivity index (χ0) is 12.8. The summed E-state index contributed by atoms with van der Waals surface area (Å²) >= 11 is 1.15. The summed E-state index contributed by atoms with van der Waals surface area (Å²) in [7, 11) is 0. The average Bonchev–Trinajstić information content (AvgIpc) is 2.76. The first-order valence-corrected chi connectivity index (χ1v) is 6.62. The smallest absolute Gasteiger partial charge is 0.267 e. The first-order chi connectivity index (χ1) is 8.11. The van der Waals surface area contributed by atoms with Crippen LogP contribution in [-0.2, 0) is 6.42 Å². The lowest BCUT2D eigenvalue weighted by Crippen LogP contribution is -2.38. The van der Waals surface area contributed by atoms with E-state index in [1.54, 1.807) is 4.90 Å². The molecule has 0 saturated heterocycles. The van der Waals surface area contributed by atoms with Gasteiger partial charge in [0.1, 0.15) is 4.88 Å². The van der Waals surface area contributed by atoms with Crippen molar-refractivity contribution in [3.05, 3.63) is 10.6 Å². The second-order valence-electron chi connectivity index (χ2n) is 4.07. The van der Waals surface area contributed by atoms with Crippen molar-refractivity contribution >= 4 is 17.4 Å². The van der Waals surface area contributed by atoms with E-state index in [0.717, 1.165) is 17.2 Å². The molecule has 0 aromatic carbocycles.